The summed E-state index contributed by atoms with van der Waals surface area (Å²) in [5, 5.41) is 8.73. The Bertz CT molecular complexity index is 323. The lowest BCUT2D eigenvalue weighted by Crippen LogP contribution is -2.20. The van der Waals surface area contributed by atoms with E-state index in [1.54, 1.807) is 0 Å². The molecule has 0 saturated carbocycles. The van der Waals surface area contributed by atoms with Crippen LogP contribution >= 0.6 is 0 Å². The summed E-state index contributed by atoms with van der Waals surface area (Å²) in [6.07, 6.45) is 0.923. The van der Waals surface area contributed by atoms with Gasteiger partial charge in [0.25, 0.3) is 0 Å². The van der Waals surface area contributed by atoms with Crippen molar-refractivity contribution in [3.63, 3.8) is 0 Å². The first-order valence-corrected chi connectivity index (χ1v) is 4.76. The van der Waals surface area contributed by atoms with Gasteiger partial charge in [0.15, 0.2) is 0 Å². The molecule has 1 aromatic heterocycles. The van der Waals surface area contributed by atoms with Gasteiger partial charge in [-0.15, -0.1) is 0 Å². The average Bonchev–Trinajstić information content (AvgIpc) is 2.49. The second-order valence-corrected chi connectivity index (χ2v) is 4.07. The molecule has 0 saturated heterocycles. The summed E-state index contributed by atoms with van der Waals surface area (Å²) in [7, 11) is 0. The second-order valence-electron chi connectivity index (χ2n) is 4.07. The van der Waals surface area contributed by atoms with Gasteiger partial charge in [-0.2, -0.15) is 0 Å². The summed E-state index contributed by atoms with van der Waals surface area (Å²) < 4.78 is 5.54. The smallest absolute Gasteiger partial charge is 0.304 e. The molecule has 0 aliphatic heterocycles. The Hall–Kier alpha value is -1.25. The lowest BCUT2D eigenvalue weighted by Gasteiger charge is -2.19. The largest absolute Gasteiger partial charge is 0.481 e. The lowest BCUT2D eigenvalue weighted by atomic mass is 9.87. The molecule has 0 aliphatic carbocycles. The Labute approximate surface area is 83.7 Å². The molecule has 0 aliphatic rings. The van der Waals surface area contributed by atoms with E-state index in [4.69, 9.17) is 9.52 Å². The van der Waals surface area contributed by atoms with Crippen LogP contribution in [0.3, 0.4) is 0 Å². The van der Waals surface area contributed by atoms with Crippen molar-refractivity contribution in [2.45, 2.75) is 39.0 Å². The molecule has 3 heteroatoms. The van der Waals surface area contributed by atoms with Gasteiger partial charge in [-0.3, -0.25) is 4.79 Å². The molecule has 0 amide bonds. The van der Waals surface area contributed by atoms with Crippen molar-refractivity contribution in [3.05, 3.63) is 23.7 Å². The van der Waals surface area contributed by atoms with E-state index in [-0.39, 0.29) is 6.42 Å². The van der Waals surface area contributed by atoms with Gasteiger partial charge in [0.2, 0.25) is 0 Å². The number of aliphatic carboxylic acids is 1. The van der Waals surface area contributed by atoms with E-state index >= 15 is 0 Å². The Morgan fingerprint density at radius 3 is 2.57 bits per heavy atom. The molecule has 0 unspecified atom stereocenters. The van der Waals surface area contributed by atoms with Crippen LogP contribution in [0.5, 0.6) is 0 Å². The van der Waals surface area contributed by atoms with Gasteiger partial charge in [0, 0.05) is 11.8 Å². The monoisotopic (exact) mass is 196 g/mol. The Morgan fingerprint density at radius 2 is 2.14 bits per heavy atom. The summed E-state index contributed by atoms with van der Waals surface area (Å²) in [4.78, 5) is 10.6. The van der Waals surface area contributed by atoms with Gasteiger partial charge in [-0.1, -0.05) is 20.8 Å². The molecule has 0 radical (unpaired) electrons. The minimum absolute atomic E-state index is 0.0870. The van der Waals surface area contributed by atoms with Gasteiger partial charge in [-0.05, 0) is 12.1 Å². The number of carboxylic acids is 1. The fourth-order valence-electron chi connectivity index (χ4n) is 1.40. The van der Waals surface area contributed by atoms with Crippen molar-refractivity contribution in [1.29, 1.82) is 0 Å². The van der Waals surface area contributed by atoms with Crippen LogP contribution < -0.4 is 0 Å². The maximum atomic E-state index is 10.6. The highest BCUT2D eigenvalue weighted by molar-refractivity contribution is 5.68. The average molecular weight is 196 g/mol. The molecule has 0 spiro atoms. The van der Waals surface area contributed by atoms with E-state index in [1.165, 1.54) is 0 Å². The molecule has 3 nitrogen and oxygen atoms in total. The lowest BCUT2D eigenvalue weighted by molar-refractivity contribution is -0.138. The van der Waals surface area contributed by atoms with Crippen LogP contribution in [0.25, 0.3) is 0 Å². The van der Waals surface area contributed by atoms with Crippen LogP contribution in [-0.4, -0.2) is 11.1 Å². The number of aryl methyl sites for hydroxylation is 1. The molecule has 1 rings (SSSR count). The Morgan fingerprint density at radius 1 is 1.50 bits per heavy atom. The first kappa shape index (κ1) is 10.8. The van der Waals surface area contributed by atoms with Gasteiger partial charge in [0.1, 0.15) is 11.5 Å². The van der Waals surface area contributed by atoms with E-state index in [0.717, 1.165) is 17.9 Å². The first-order chi connectivity index (χ1) is 6.45. The third-order valence-electron chi connectivity index (χ3n) is 2.27. The van der Waals surface area contributed by atoms with E-state index in [9.17, 15) is 4.79 Å². The van der Waals surface area contributed by atoms with Crippen molar-refractivity contribution in [2.24, 2.45) is 0 Å². The maximum absolute atomic E-state index is 10.6. The fraction of sp³-hybridized carbons (Fsp3) is 0.545. The highest BCUT2D eigenvalue weighted by Gasteiger charge is 2.27. The normalized spacial score (nSPS) is 11.6. The van der Waals surface area contributed by atoms with Gasteiger partial charge < -0.3 is 9.52 Å². The highest BCUT2D eigenvalue weighted by Crippen LogP contribution is 2.28. The number of rotatable bonds is 4. The molecule has 1 N–H and O–H groups in total. The molecule has 14 heavy (non-hydrogen) atoms. The predicted molar refractivity (Wildman–Crippen MR) is 53.4 cm³/mol. The predicted octanol–water partition coefficient (Wildman–Crippen LogP) is 2.59. The fourth-order valence-corrected chi connectivity index (χ4v) is 1.40. The Kier molecular flexibility index (Phi) is 2.99. The van der Waals surface area contributed by atoms with Crippen LogP contribution in [0.15, 0.2) is 16.5 Å². The molecule has 0 aromatic carbocycles. The maximum Gasteiger partial charge on any atom is 0.304 e. The van der Waals surface area contributed by atoms with Gasteiger partial charge >= 0.3 is 5.97 Å². The topological polar surface area (TPSA) is 50.4 Å². The van der Waals surface area contributed by atoms with Gasteiger partial charge in [0.05, 0.1) is 6.42 Å². The van der Waals surface area contributed by atoms with Crippen molar-refractivity contribution in [2.75, 3.05) is 0 Å². The summed E-state index contributed by atoms with van der Waals surface area (Å²) in [6, 6.07) is 3.76. The zero-order chi connectivity index (χ0) is 10.8. The minimum atomic E-state index is -0.801. The number of carboxylic acid groups (broad SMARTS) is 1. The van der Waals surface area contributed by atoms with Gasteiger partial charge in [-0.25, -0.2) is 0 Å². The van der Waals surface area contributed by atoms with Crippen LogP contribution in [-0.2, 0) is 16.6 Å². The van der Waals surface area contributed by atoms with E-state index in [1.807, 2.05) is 32.9 Å². The summed E-state index contributed by atoms with van der Waals surface area (Å²) in [5.74, 6) is 0.847. The van der Waals surface area contributed by atoms with Crippen molar-refractivity contribution in [1.82, 2.24) is 0 Å². The minimum Gasteiger partial charge on any atom is -0.481 e. The molecular weight excluding hydrogens is 180 g/mol. The van der Waals surface area contributed by atoms with Crippen LogP contribution in [0.2, 0.25) is 0 Å². The van der Waals surface area contributed by atoms with Crippen molar-refractivity contribution >= 4 is 5.97 Å². The molecule has 1 aromatic rings. The zero-order valence-corrected chi connectivity index (χ0v) is 8.83. The number of carbonyl (C=O) groups is 1. The van der Waals surface area contributed by atoms with E-state index < -0.39 is 11.4 Å². The first-order valence-electron chi connectivity index (χ1n) is 4.76. The Balaban J connectivity index is 2.85. The molecule has 0 bridgehead atoms. The number of hydrogen-bond donors (Lipinski definition) is 1. The zero-order valence-electron chi connectivity index (χ0n) is 8.83. The van der Waals surface area contributed by atoms with Crippen molar-refractivity contribution < 1.29 is 14.3 Å². The van der Waals surface area contributed by atoms with Crippen molar-refractivity contribution in [3.8, 4) is 0 Å². The number of hydrogen-bond acceptors (Lipinski definition) is 2. The molecule has 0 fully saturated rings. The molecule has 0 atom stereocenters. The third-order valence-corrected chi connectivity index (χ3v) is 2.27. The highest BCUT2D eigenvalue weighted by atomic mass is 16.4. The van der Waals surface area contributed by atoms with Crippen LogP contribution in [0.4, 0.5) is 0 Å². The van der Waals surface area contributed by atoms with E-state index in [2.05, 4.69) is 0 Å². The standard InChI is InChI=1S/C11H16O3/c1-4-8-5-6-9(14-8)11(2,3)7-10(12)13/h5-6H,4,7H2,1-3H3,(H,12,13). The summed E-state index contributed by atoms with van der Waals surface area (Å²) in [6.45, 7) is 5.76. The second kappa shape index (κ2) is 3.86. The van der Waals surface area contributed by atoms with Crippen LogP contribution in [0, 0.1) is 0 Å². The SMILES string of the molecule is CCc1ccc(C(C)(C)CC(=O)O)o1. The summed E-state index contributed by atoms with van der Waals surface area (Å²) in [5.41, 5.74) is -0.431. The third kappa shape index (κ3) is 2.37. The molecular formula is C11H16O3. The summed E-state index contributed by atoms with van der Waals surface area (Å²) >= 11 is 0. The van der Waals surface area contributed by atoms with Crippen LogP contribution in [0.1, 0.15) is 38.7 Å². The quantitative estimate of drug-likeness (QED) is 0.805. The van der Waals surface area contributed by atoms with E-state index in [0.29, 0.717) is 0 Å². The molecule has 1 heterocycles. The number of furan rings is 1. The molecule has 78 valence electrons.